The molecule has 2 heterocycles. The number of benzene rings is 3. The lowest BCUT2D eigenvalue weighted by Crippen LogP contribution is -1.91. The fourth-order valence-electron chi connectivity index (χ4n) is 4.38. The molecule has 1 aliphatic rings. The number of rotatable bonds is 2. The van der Waals surface area contributed by atoms with E-state index in [0.29, 0.717) is 0 Å². The second-order valence-electron chi connectivity index (χ2n) is 7.92. The summed E-state index contributed by atoms with van der Waals surface area (Å²) in [5, 5.41) is 3.56. The van der Waals surface area contributed by atoms with Crippen LogP contribution in [-0.2, 0) is 0 Å². The highest BCUT2D eigenvalue weighted by Crippen LogP contribution is 2.34. The molecule has 0 N–H and O–H groups in total. The normalized spacial score (nSPS) is 14.0. The predicted octanol–water partition coefficient (Wildman–Crippen LogP) is 7.74. The minimum atomic E-state index is 0.922. The van der Waals surface area contributed by atoms with Gasteiger partial charge < -0.3 is 8.98 Å². The number of fused-ring (bicyclic) bond motifs is 4. The monoisotopic (exact) mass is 387 g/mol. The van der Waals surface area contributed by atoms with Crippen molar-refractivity contribution in [3.8, 4) is 5.69 Å². The molecular formula is C28H21NO. The summed E-state index contributed by atoms with van der Waals surface area (Å²) in [6.45, 7) is 2.13. The lowest BCUT2D eigenvalue weighted by molar-refractivity contribution is 0.669. The van der Waals surface area contributed by atoms with Gasteiger partial charge in [-0.2, -0.15) is 0 Å². The molecule has 0 saturated carbocycles. The Morgan fingerprint density at radius 1 is 0.833 bits per heavy atom. The van der Waals surface area contributed by atoms with E-state index in [4.69, 9.17) is 4.42 Å². The number of aromatic nitrogens is 1. The van der Waals surface area contributed by atoms with Crippen LogP contribution in [0.4, 0.5) is 0 Å². The predicted molar refractivity (Wildman–Crippen MR) is 126 cm³/mol. The number of aryl methyl sites for hydroxylation is 1. The lowest BCUT2D eigenvalue weighted by atomic mass is 10.0. The van der Waals surface area contributed by atoms with Gasteiger partial charge in [-0.3, -0.25) is 0 Å². The van der Waals surface area contributed by atoms with Crippen molar-refractivity contribution >= 4 is 38.4 Å². The summed E-state index contributed by atoms with van der Waals surface area (Å²) >= 11 is 0. The average Bonchev–Trinajstić information content (AvgIpc) is 3.22. The minimum absolute atomic E-state index is 0.922. The van der Waals surface area contributed by atoms with Gasteiger partial charge in [0.05, 0.1) is 5.52 Å². The molecule has 2 aromatic heterocycles. The third-order valence-corrected chi connectivity index (χ3v) is 5.91. The number of nitrogens with zero attached hydrogens (tertiary/aromatic N) is 1. The lowest BCUT2D eigenvalue weighted by Gasteiger charge is -2.06. The standard InChI is InChI=1S/C28H21NO/c1-19-8-11-26-22(16-19)14-15-29(26)23-10-13-28-25(18-23)24-17-21(9-12-27(24)30-28)20-6-4-2-3-5-7-20/h2-4,6-18H,5H2,1H3. The Morgan fingerprint density at radius 3 is 2.63 bits per heavy atom. The quantitative estimate of drug-likeness (QED) is 0.303. The fourth-order valence-corrected chi connectivity index (χ4v) is 4.38. The second-order valence-corrected chi connectivity index (χ2v) is 7.92. The number of hydrogen-bond acceptors (Lipinski definition) is 1. The van der Waals surface area contributed by atoms with Crippen molar-refractivity contribution in [2.45, 2.75) is 13.3 Å². The van der Waals surface area contributed by atoms with Gasteiger partial charge in [0.15, 0.2) is 0 Å². The summed E-state index contributed by atoms with van der Waals surface area (Å²) in [5.41, 5.74) is 7.96. The van der Waals surface area contributed by atoms with Gasteiger partial charge in [0.2, 0.25) is 0 Å². The van der Waals surface area contributed by atoms with Crippen LogP contribution in [0.15, 0.2) is 102 Å². The maximum absolute atomic E-state index is 6.14. The number of furan rings is 1. The third kappa shape index (κ3) is 2.73. The van der Waals surface area contributed by atoms with E-state index in [1.54, 1.807) is 0 Å². The van der Waals surface area contributed by atoms with Crippen LogP contribution in [-0.4, -0.2) is 4.57 Å². The van der Waals surface area contributed by atoms with Crippen molar-refractivity contribution in [1.82, 2.24) is 4.57 Å². The van der Waals surface area contributed by atoms with Crippen LogP contribution in [0.2, 0.25) is 0 Å². The van der Waals surface area contributed by atoms with Crippen molar-refractivity contribution in [3.63, 3.8) is 0 Å². The Labute approximate surface area is 175 Å². The Hall–Kier alpha value is -3.78. The third-order valence-electron chi connectivity index (χ3n) is 5.91. The molecule has 0 unspecified atom stereocenters. The zero-order chi connectivity index (χ0) is 20.1. The molecule has 0 saturated heterocycles. The summed E-state index contributed by atoms with van der Waals surface area (Å²) in [5.74, 6) is 0. The van der Waals surface area contributed by atoms with E-state index in [2.05, 4.69) is 109 Å². The van der Waals surface area contributed by atoms with Gasteiger partial charge >= 0.3 is 0 Å². The van der Waals surface area contributed by atoms with Crippen molar-refractivity contribution in [2.24, 2.45) is 0 Å². The van der Waals surface area contributed by atoms with E-state index in [0.717, 1.165) is 34.0 Å². The van der Waals surface area contributed by atoms with Gasteiger partial charge in [-0.05, 0) is 73.0 Å². The zero-order valence-electron chi connectivity index (χ0n) is 16.8. The second kappa shape index (κ2) is 6.64. The molecule has 0 fully saturated rings. The van der Waals surface area contributed by atoms with Gasteiger partial charge in [0.25, 0.3) is 0 Å². The SMILES string of the molecule is Cc1ccc2c(ccn2-c2ccc3oc4ccc(C5=CCC=CC=C5)cc4c3c2)c1. The Kier molecular flexibility index (Phi) is 3.78. The van der Waals surface area contributed by atoms with Crippen molar-refractivity contribution in [3.05, 3.63) is 108 Å². The molecule has 0 aliphatic heterocycles. The van der Waals surface area contributed by atoms with Gasteiger partial charge in [-0.15, -0.1) is 0 Å². The van der Waals surface area contributed by atoms with Crippen LogP contribution < -0.4 is 0 Å². The molecule has 30 heavy (non-hydrogen) atoms. The van der Waals surface area contributed by atoms with Crippen LogP contribution in [0.25, 0.3) is 44.1 Å². The van der Waals surface area contributed by atoms with E-state index in [9.17, 15) is 0 Å². The minimum Gasteiger partial charge on any atom is -0.456 e. The first-order valence-corrected chi connectivity index (χ1v) is 10.3. The molecule has 0 atom stereocenters. The van der Waals surface area contributed by atoms with E-state index in [1.165, 1.54) is 27.6 Å². The smallest absolute Gasteiger partial charge is 0.135 e. The molecule has 0 amide bonds. The van der Waals surface area contributed by atoms with Crippen LogP contribution in [0.5, 0.6) is 0 Å². The summed E-state index contributed by atoms with van der Waals surface area (Å²) in [4.78, 5) is 0. The molecular weight excluding hydrogens is 366 g/mol. The van der Waals surface area contributed by atoms with Crippen LogP contribution in [0.3, 0.4) is 0 Å². The highest BCUT2D eigenvalue weighted by atomic mass is 16.3. The first-order chi connectivity index (χ1) is 14.8. The molecule has 144 valence electrons. The zero-order valence-corrected chi connectivity index (χ0v) is 16.8. The van der Waals surface area contributed by atoms with Crippen LogP contribution in [0, 0.1) is 6.92 Å². The maximum Gasteiger partial charge on any atom is 0.135 e. The first kappa shape index (κ1) is 17.1. The number of hydrogen-bond donors (Lipinski definition) is 0. The average molecular weight is 387 g/mol. The molecule has 2 nitrogen and oxygen atoms in total. The molecule has 2 heteroatoms. The van der Waals surface area contributed by atoms with Crippen molar-refractivity contribution in [1.29, 1.82) is 0 Å². The fraction of sp³-hybridized carbons (Fsp3) is 0.0714. The van der Waals surface area contributed by atoms with E-state index < -0.39 is 0 Å². The molecule has 3 aromatic carbocycles. The Bertz CT molecular complexity index is 1520. The molecule has 1 aliphatic carbocycles. The number of allylic oxidation sites excluding steroid dienone is 6. The summed E-state index contributed by atoms with van der Waals surface area (Å²) in [6, 6.07) is 21.7. The Balaban J connectivity index is 1.53. The molecule has 6 rings (SSSR count). The van der Waals surface area contributed by atoms with Gasteiger partial charge in [-0.25, -0.2) is 0 Å². The molecule has 0 radical (unpaired) electrons. The first-order valence-electron chi connectivity index (χ1n) is 10.3. The van der Waals surface area contributed by atoms with Gasteiger partial charge in [-0.1, -0.05) is 48.1 Å². The molecule has 0 spiro atoms. The van der Waals surface area contributed by atoms with E-state index >= 15 is 0 Å². The topological polar surface area (TPSA) is 18.1 Å². The van der Waals surface area contributed by atoms with Crippen molar-refractivity contribution < 1.29 is 4.42 Å². The highest BCUT2D eigenvalue weighted by Gasteiger charge is 2.11. The summed E-state index contributed by atoms with van der Waals surface area (Å²) in [7, 11) is 0. The van der Waals surface area contributed by atoms with E-state index in [-0.39, 0.29) is 0 Å². The van der Waals surface area contributed by atoms with Gasteiger partial charge in [0, 0.05) is 28.0 Å². The maximum atomic E-state index is 6.14. The molecule has 5 aromatic rings. The van der Waals surface area contributed by atoms with E-state index in [1.807, 2.05) is 0 Å². The van der Waals surface area contributed by atoms with Crippen LogP contribution >= 0.6 is 0 Å². The highest BCUT2D eigenvalue weighted by molar-refractivity contribution is 6.07. The molecule has 0 bridgehead atoms. The largest absolute Gasteiger partial charge is 0.456 e. The summed E-state index contributed by atoms with van der Waals surface area (Å²) in [6.07, 6.45) is 13.9. The van der Waals surface area contributed by atoms with Crippen molar-refractivity contribution in [2.75, 3.05) is 0 Å². The van der Waals surface area contributed by atoms with Crippen LogP contribution in [0.1, 0.15) is 17.5 Å². The Morgan fingerprint density at radius 2 is 1.70 bits per heavy atom. The summed E-state index contributed by atoms with van der Waals surface area (Å²) < 4.78 is 8.39. The van der Waals surface area contributed by atoms with Gasteiger partial charge in [0.1, 0.15) is 11.2 Å².